The molecule has 9 rings (SSSR count). The molecule has 61 heavy (non-hydrogen) atoms. The van der Waals surface area contributed by atoms with Crippen molar-refractivity contribution in [1.82, 2.24) is 4.90 Å². The van der Waals surface area contributed by atoms with Crippen molar-refractivity contribution in [2.75, 3.05) is 19.8 Å². The van der Waals surface area contributed by atoms with Crippen LogP contribution in [-0.4, -0.2) is 175 Å². The third-order valence-electron chi connectivity index (χ3n) is 18.0. The summed E-state index contributed by atoms with van der Waals surface area (Å²) in [7, 11) is 0. The quantitative estimate of drug-likeness (QED) is 0.119. The Balaban J connectivity index is 0.966. The van der Waals surface area contributed by atoms with Gasteiger partial charge in [-0.15, -0.1) is 0 Å². The molecule has 4 aliphatic carbocycles. The van der Waals surface area contributed by atoms with Gasteiger partial charge in [-0.2, -0.15) is 0 Å². The minimum atomic E-state index is -2.18. The van der Waals surface area contributed by atoms with E-state index in [9.17, 15) is 46.0 Å². The zero-order chi connectivity index (χ0) is 43.5. The van der Waals surface area contributed by atoms with Crippen molar-refractivity contribution in [3.8, 4) is 0 Å². The van der Waals surface area contributed by atoms with Crippen LogP contribution in [0.2, 0.25) is 0 Å². The third-order valence-corrected chi connectivity index (χ3v) is 18.0. The van der Waals surface area contributed by atoms with E-state index < -0.39 is 111 Å². The van der Waals surface area contributed by atoms with Gasteiger partial charge >= 0.3 is 0 Å². The zero-order valence-corrected chi connectivity index (χ0v) is 36.4. The first-order chi connectivity index (χ1) is 28.9. The van der Waals surface area contributed by atoms with Gasteiger partial charge in [-0.05, 0) is 111 Å². The van der Waals surface area contributed by atoms with Crippen LogP contribution in [0.1, 0.15) is 98.8 Å². The maximum absolute atomic E-state index is 11.4. The highest BCUT2D eigenvalue weighted by molar-refractivity contribution is 5.27. The SMILES string of the molecule is CC1O[C@H](O[C@]2(O[C@H]3CC[C@@]4(C)C(=CC[C@H]5[C@@H]6C[C@H]7[C@H]([C@H](C)[C@H]8CC[C@H](C)CN87)[C@@]6(C)CC[C@@H]54)C3)C[C@@H](O[C@@H]3OC(CO)[C@@H](O)[C@@H](O)C3O)[C@@H](O)C(CO)O2)C(O)[C@@H](O)[C@H]1O. The largest absolute Gasteiger partial charge is 0.394 e. The van der Waals surface area contributed by atoms with E-state index in [-0.39, 0.29) is 5.41 Å². The summed E-state index contributed by atoms with van der Waals surface area (Å²) in [5.41, 5.74) is 1.63. The van der Waals surface area contributed by atoms with Crippen molar-refractivity contribution in [2.24, 2.45) is 46.3 Å². The average Bonchev–Trinajstić information content (AvgIpc) is 3.71. The summed E-state index contributed by atoms with van der Waals surface area (Å²) in [6, 6.07) is 1.41. The minimum Gasteiger partial charge on any atom is -0.394 e. The smallest absolute Gasteiger partial charge is 0.288 e. The van der Waals surface area contributed by atoms with Crippen LogP contribution in [0.4, 0.5) is 0 Å². The topological polar surface area (TPSA) is 241 Å². The molecule has 0 bridgehead atoms. The van der Waals surface area contributed by atoms with Gasteiger partial charge in [-0.1, -0.05) is 39.3 Å². The van der Waals surface area contributed by atoms with E-state index in [0.29, 0.717) is 42.1 Å². The van der Waals surface area contributed by atoms with Crippen LogP contribution in [0.25, 0.3) is 0 Å². The van der Waals surface area contributed by atoms with Gasteiger partial charge in [-0.25, -0.2) is 0 Å². The van der Waals surface area contributed by atoms with Crippen LogP contribution in [0.15, 0.2) is 11.6 Å². The summed E-state index contributed by atoms with van der Waals surface area (Å²) in [4.78, 5) is 2.93. The molecule has 0 aromatic rings. The maximum atomic E-state index is 11.4. The van der Waals surface area contributed by atoms with Crippen LogP contribution in [0.5, 0.6) is 0 Å². The van der Waals surface area contributed by atoms with Crippen LogP contribution < -0.4 is 0 Å². The molecule has 3 saturated carbocycles. The Bertz CT molecular complexity index is 1610. The lowest BCUT2D eigenvalue weighted by atomic mass is 9.47. The number of aliphatic hydroxyl groups is 9. The van der Waals surface area contributed by atoms with Crippen molar-refractivity contribution in [3.63, 3.8) is 0 Å². The van der Waals surface area contributed by atoms with Gasteiger partial charge in [0, 0.05) is 18.6 Å². The summed E-state index contributed by atoms with van der Waals surface area (Å²) >= 11 is 0. The number of hydrogen-bond acceptors (Lipinski definition) is 16. The van der Waals surface area contributed by atoms with Crippen LogP contribution in [0, 0.1) is 46.3 Å². The third kappa shape index (κ3) is 7.42. The number of hydrogen-bond donors (Lipinski definition) is 9. The van der Waals surface area contributed by atoms with Gasteiger partial charge in [0.15, 0.2) is 12.6 Å². The van der Waals surface area contributed by atoms with Crippen molar-refractivity contribution in [3.05, 3.63) is 11.6 Å². The Labute approximate surface area is 359 Å². The molecule has 16 heteroatoms. The van der Waals surface area contributed by atoms with E-state index in [4.69, 9.17) is 28.4 Å². The number of rotatable bonds is 8. The maximum Gasteiger partial charge on any atom is 0.288 e. The summed E-state index contributed by atoms with van der Waals surface area (Å²) in [5.74, 6) is 1.89. The lowest BCUT2D eigenvalue weighted by Crippen LogP contribution is -2.66. The molecule has 0 spiro atoms. The van der Waals surface area contributed by atoms with E-state index in [1.165, 1.54) is 51.1 Å². The van der Waals surface area contributed by atoms with Crippen molar-refractivity contribution >= 4 is 0 Å². The highest BCUT2D eigenvalue weighted by Gasteiger charge is 2.67. The molecule has 9 N–H and O–H groups in total. The standard InChI is InChI=1S/C45H73NO15/c1-20-6-9-28-21(2)33-29(46(28)17-20)15-27-25-8-7-23-14-24(10-12-43(23,4)26(25)11-13-44(27,33)5)59-45(61-42-40(55)37(52)34(49)22(3)56-42)16-30(35(50)32(19-48)60-45)57-41-39(54)38(53)36(51)31(18-47)58-41/h7,20-22,24-42,47-55H,6,8-19H2,1-5H3/t20-,21+,22?,24-,25+,26-,27-,28+,29-,30+,31?,32?,33-,34-,35+,36+,37-,38+,39?,40?,41+,42+,43-,44-,45-/m0/s1. The molecule has 0 radical (unpaired) electrons. The van der Waals surface area contributed by atoms with Crippen molar-refractivity contribution < 1.29 is 74.4 Å². The van der Waals surface area contributed by atoms with E-state index in [0.717, 1.165) is 36.6 Å². The fourth-order valence-electron chi connectivity index (χ4n) is 14.8. The Morgan fingerprint density at radius 2 is 1.46 bits per heavy atom. The highest BCUT2D eigenvalue weighted by atomic mass is 16.9. The summed E-state index contributed by atoms with van der Waals surface area (Å²) in [5, 5.41) is 95.8. The number of ether oxygens (including phenoxy) is 6. The molecule has 8 fully saturated rings. The molecule has 5 saturated heterocycles. The molecule has 9 aliphatic rings. The highest BCUT2D eigenvalue weighted by Crippen LogP contribution is 2.70. The van der Waals surface area contributed by atoms with Crippen molar-refractivity contribution in [2.45, 2.75) is 203 Å². The summed E-state index contributed by atoms with van der Waals surface area (Å²) in [6.45, 7) is 11.3. The van der Waals surface area contributed by atoms with Gasteiger partial charge in [-0.3, -0.25) is 9.64 Å². The second-order valence-corrected chi connectivity index (χ2v) is 21.3. The molecule has 0 amide bonds. The summed E-state index contributed by atoms with van der Waals surface area (Å²) in [6.07, 6.45) is -8.77. The predicted octanol–water partition coefficient (Wildman–Crippen LogP) is 0.504. The molecule has 0 aromatic heterocycles. The van der Waals surface area contributed by atoms with Gasteiger partial charge in [0.05, 0.1) is 37.9 Å². The van der Waals surface area contributed by atoms with E-state index in [1.54, 1.807) is 0 Å². The molecule has 5 aliphatic heterocycles. The monoisotopic (exact) mass is 867 g/mol. The lowest BCUT2D eigenvalue weighted by Gasteiger charge is -2.59. The average molecular weight is 868 g/mol. The van der Waals surface area contributed by atoms with E-state index >= 15 is 0 Å². The second kappa shape index (κ2) is 16.8. The molecular formula is C45H73NO15. The normalized spacial score (nSPS) is 57.3. The molecule has 16 nitrogen and oxygen atoms in total. The molecule has 348 valence electrons. The molecule has 5 heterocycles. The Morgan fingerprint density at radius 3 is 2.20 bits per heavy atom. The molecule has 0 aromatic carbocycles. The fourth-order valence-corrected chi connectivity index (χ4v) is 14.8. The fraction of sp³-hybridized carbons (Fsp3) is 0.956. The minimum absolute atomic E-state index is 0.0338. The first-order valence-electron chi connectivity index (χ1n) is 23.4. The van der Waals surface area contributed by atoms with Gasteiger partial charge in [0.1, 0.15) is 54.9 Å². The number of nitrogens with zero attached hydrogens (tertiary/aromatic N) is 1. The number of allylic oxidation sites excluding steroid dienone is 1. The van der Waals surface area contributed by atoms with Crippen molar-refractivity contribution in [1.29, 1.82) is 0 Å². The molecular weight excluding hydrogens is 794 g/mol. The van der Waals surface area contributed by atoms with Gasteiger partial charge < -0.3 is 69.6 Å². The number of piperidine rings is 1. The zero-order valence-electron chi connectivity index (χ0n) is 36.4. The second-order valence-electron chi connectivity index (χ2n) is 21.3. The molecule has 5 unspecified atom stereocenters. The van der Waals surface area contributed by atoms with E-state index in [2.05, 4.69) is 38.7 Å². The summed E-state index contributed by atoms with van der Waals surface area (Å²) < 4.78 is 37.1. The lowest BCUT2D eigenvalue weighted by molar-refractivity contribution is -0.486. The van der Waals surface area contributed by atoms with Crippen LogP contribution >= 0.6 is 0 Å². The first kappa shape index (κ1) is 45.3. The Morgan fingerprint density at radius 1 is 0.738 bits per heavy atom. The number of aliphatic hydroxyl groups excluding tert-OH is 9. The van der Waals surface area contributed by atoms with Crippen LogP contribution in [-0.2, 0) is 28.4 Å². The van der Waals surface area contributed by atoms with Gasteiger partial charge in [0.2, 0.25) is 0 Å². The Hall–Kier alpha value is -0.900. The van der Waals surface area contributed by atoms with E-state index in [1.807, 2.05) is 0 Å². The van der Waals surface area contributed by atoms with Gasteiger partial charge in [0.25, 0.3) is 5.97 Å². The molecule has 25 atom stereocenters. The Kier molecular flexibility index (Phi) is 12.4. The number of fused-ring (bicyclic) bond motifs is 9. The predicted molar refractivity (Wildman–Crippen MR) is 215 cm³/mol. The van der Waals surface area contributed by atoms with Crippen LogP contribution in [0.3, 0.4) is 0 Å². The first-order valence-corrected chi connectivity index (χ1v) is 23.4.